The molecule has 1 rings (SSSR count). The topological polar surface area (TPSA) is 71.1 Å². The first-order chi connectivity index (χ1) is 8.95. The molecule has 0 bridgehead atoms. The average Bonchev–Trinajstić information content (AvgIpc) is 2.37. The molecule has 1 aromatic rings. The molecule has 106 valence electrons. The molecule has 0 spiro atoms. The maximum atomic E-state index is 12.0. The van der Waals surface area contributed by atoms with E-state index >= 15 is 0 Å². The molecule has 7 heteroatoms. The van der Waals surface area contributed by atoms with E-state index in [1.807, 2.05) is 6.92 Å². The molecule has 1 amide bonds. The number of rotatable bonds is 6. The summed E-state index contributed by atoms with van der Waals surface area (Å²) in [5, 5.41) is 5.88. The second-order valence-electron chi connectivity index (χ2n) is 4.08. The van der Waals surface area contributed by atoms with E-state index in [0.717, 1.165) is 0 Å². The molecule has 2 N–H and O–H groups in total. The molecule has 5 nitrogen and oxygen atoms in total. The van der Waals surface area contributed by atoms with Crippen LogP contribution in [0, 0.1) is 0 Å². The summed E-state index contributed by atoms with van der Waals surface area (Å²) in [5.74, 6) is 0.242. The number of hydrogen-bond acceptors (Lipinski definition) is 4. The maximum absolute atomic E-state index is 12.0. The number of carbonyl (C=O) groups is 1. The van der Waals surface area contributed by atoms with Crippen molar-refractivity contribution in [2.75, 3.05) is 24.7 Å². The van der Waals surface area contributed by atoms with Gasteiger partial charge in [-0.3, -0.25) is 9.00 Å². The zero-order chi connectivity index (χ0) is 14.4. The van der Waals surface area contributed by atoms with E-state index < -0.39 is 10.8 Å². The molecule has 0 aliphatic heterocycles. The van der Waals surface area contributed by atoms with Crippen LogP contribution in [-0.4, -0.2) is 39.7 Å². The van der Waals surface area contributed by atoms with Crippen molar-refractivity contribution >= 4 is 34.1 Å². The fourth-order valence-corrected chi connectivity index (χ4v) is 1.83. The number of halogens is 1. The lowest BCUT2D eigenvalue weighted by Crippen LogP contribution is -2.33. The first-order valence-corrected chi connectivity index (χ1v) is 7.96. The van der Waals surface area contributed by atoms with E-state index in [4.69, 9.17) is 11.6 Å². The van der Waals surface area contributed by atoms with Gasteiger partial charge in [-0.1, -0.05) is 11.6 Å². The minimum atomic E-state index is -0.976. The van der Waals surface area contributed by atoms with Crippen molar-refractivity contribution < 1.29 is 9.00 Å². The fraction of sp³-hybridized carbons (Fsp3) is 0.500. The van der Waals surface area contributed by atoms with E-state index in [2.05, 4.69) is 15.6 Å². The van der Waals surface area contributed by atoms with E-state index in [9.17, 15) is 9.00 Å². The molecule has 0 saturated carbocycles. The van der Waals surface area contributed by atoms with Gasteiger partial charge in [0.2, 0.25) is 0 Å². The lowest BCUT2D eigenvalue weighted by Gasteiger charge is -2.11. The lowest BCUT2D eigenvalue weighted by molar-refractivity contribution is 0.0949. The Morgan fingerprint density at radius 1 is 1.53 bits per heavy atom. The monoisotopic (exact) mass is 303 g/mol. The van der Waals surface area contributed by atoms with Gasteiger partial charge in [0.15, 0.2) is 0 Å². The predicted octanol–water partition coefficient (Wildman–Crippen LogP) is 1.66. The van der Waals surface area contributed by atoms with Crippen molar-refractivity contribution in [3.63, 3.8) is 0 Å². The quantitative estimate of drug-likeness (QED) is 0.838. The second kappa shape index (κ2) is 7.45. The molecule has 0 radical (unpaired) electrons. The normalized spacial score (nSPS) is 13.7. The highest BCUT2D eigenvalue weighted by molar-refractivity contribution is 7.84. The highest BCUT2D eigenvalue weighted by Crippen LogP contribution is 2.16. The highest BCUT2D eigenvalue weighted by Gasteiger charge is 2.15. The molecular formula is C12H18ClN3O2S. The molecule has 0 saturated heterocycles. The number of hydrogen-bond donors (Lipinski definition) is 2. The first-order valence-electron chi connectivity index (χ1n) is 5.96. The molecule has 2 atom stereocenters. The van der Waals surface area contributed by atoms with Crippen LogP contribution in [0.3, 0.4) is 0 Å². The van der Waals surface area contributed by atoms with Gasteiger partial charge in [0.25, 0.3) is 5.91 Å². The molecule has 0 aliphatic rings. The van der Waals surface area contributed by atoms with Crippen LogP contribution in [0.4, 0.5) is 5.82 Å². The number of nitrogens with one attached hydrogen (secondary N) is 2. The van der Waals surface area contributed by atoms with Crippen molar-refractivity contribution in [1.82, 2.24) is 10.3 Å². The third-order valence-electron chi connectivity index (χ3n) is 2.54. The number of pyridine rings is 1. The summed E-state index contributed by atoms with van der Waals surface area (Å²) in [6, 6.07) is 3.34. The van der Waals surface area contributed by atoms with Crippen molar-refractivity contribution in [3.05, 3.63) is 22.8 Å². The second-order valence-corrected chi connectivity index (χ2v) is 6.29. The Morgan fingerprint density at radius 3 is 2.79 bits per heavy atom. The minimum Gasteiger partial charge on any atom is -0.370 e. The van der Waals surface area contributed by atoms with Gasteiger partial charge < -0.3 is 10.6 Å². The molecule has 0 fully saturated rings. The van der Waals surface area contributed by atoms with Crippen LogP contribution in [0.1, 0.15) is 24.3 Å². The molecule has 0 aromatic carbocycles. The van der Waals surface area contributed by atoms with Gasteiger partial charge in [-0.25, -0.2) is 4.98 Å². The van der Waals surface area contributed by atoms with Crippen LogP contribution in [-0.2, 0) is 10.8 Å². The molecule has 0 aliphatic carbocycles. The van der Waals surface area contributed by atoms with Gasteiger partial charge in [0, 0.05) is 35.4 Å². The molecule has 2 unspecified atom stereocenters. The maximum Gasteiger partial charge on any atom is 0.271 e. The van der Waals surface area contributed by atoms with Gasteiger partial charge >= 0.3 is 0 Å². The SMILES string of the molecule is CCNc1ccc(Cl)c(C(=O)NCC(C)S(C)=O)n1. The largest absolute Gasteiger partial charge is 0.370 e. The standard InChI is InChI=1S/C12H18ClN3O2S/c1-4-14-10-6-5-9(13)11(16-10)12(17)15-7-8(2)19(3)18/h5-6,8H,4,7H2,1-3H3,(H,14,16)(H,15,17). The van der Waals surface area contributed by atoms with Crippen molar-refractivity contribution in [3.8, 4) is 0 Å². The number of nitrogens with zero attached hydrogens (tertiary/aromatic N) is 1. The first kappa shape index (κ1) is 15.9. The van der Waals surface area contributed by atoms with Crippen LogP contribution >= 0.6 is 11.6 Å². The Balaban J connectivity index is 2.75. The summed E-state index contributed by atoms with van der Waals surface area (Å²) in [5.41, 5.74) is 0.175. The van der Waals surface area contributed by atoms with Crippen LogP contribution < -0.4 is 10.6 Å². The Hall–Kier alpha value is -1.14. The van der Waals surface area contributed by atoms with Gasteiger partial charge in [0.05, 0.1) is 5.02 Å². The number of anilines is 1. The lowest BCUT2D eigenvalue weighted by atomic mass is 10.3. The number of aromatic nitrogens is 1. The zero-order valence-corrected chi connectivity index (χ0v) is 12.8. The minimum absolute atomic E-state index is 0.111. The average molecular weight is 304 g/mol. The predicted molar refractivity (Wildman–Crippen MR) is 79.3 cm³/mol. The third-order valence-corrected chi connectivity index (χ3v) is 4.14. The van der Waals surface area contributed by atoms with Crippen LogP contribution in [0.5, 0.6) is 0 Å². The van der Waals surface area contributed by atoms with E-state index in [1.165, 1.54) is 0 Å². The summed E-state index contributed by atoms with van der Waals surface area (Å²) in [6.07, 6.45) is 1.61. The molecule has 1 heterocycles. The summed E-state index contributed by atoms with van der Waals surface area (Å²) < 4.78 is 11.2. The summed E-state index contributed by atoms with van der Waals surface area (Å²) in [6.45, 7) is 4.78. The van der Waals surface area contributed by atoms with Gasteiger partial charge in [-0.05, 0) is 26.0 Å². The Bertz CT molecular complexity index is 482. The van der Waals surface area contributed by atoms with Crippen LogP contribution in [0.15, 0.2) is 12.1 Å². The van der Waals surface area contributed by atoms with Crippen LogP contribution in [0.2, 0.25) is 5.02 Å². The Kier molecular flexibility index (Phi) is 6.24. The van der Waals surface area contributed by atoms with Crippen molar-refractivity contribution in [1.29, 1.82) is 0 Å². The van der Waals surface area contributed by atoms with E-state index in [0.29, 0.717) is 23.9 Å². The smallest absolute Gasteiger partial charge is 0.271 e. The Morgan fingerprint density at radius 2 is 2.21 bits per heavy atom. The summed E-state index contributed by atoms with van der Waals surface area (Å²) >= 11 is 5.96. The molecule has 1 aromatic heterocycles. The number of carbonyl (C=O) groups excluding carboxylic acids is 1. The number of amides is 1. The van der Waals surface area contributed by atoms with Crippen molar-refractivity contribution in [2.24, 2.45) is 0 Å². The molecule has 19 heavy (non-hydrogen) atoms. The Labute approximate surface area is 120 Å². The van der Waals surface area contributed by atoms with Gasteiger partial charge in [-0.15, -0.1) is 0 Å². The van der Waals surface area contributed by atoms with Gasteiger partial charge in [-0.2, -0.15) is 0 Å². The van der Waals surface area contributed by atoms with E-state index in [-0.39, 0.29) is 16.9 Å². The molecular weight excluding hydrogens is 286 g/mol. The third kappa shape index (κ3) is 4.80. The zero-order valence-electron chi connectivity index (χ0n) is 11.2. The van der Waals surface area contributed by atoms with Crippen LogP contribution in [0.25, 0.3) is 0 Å². The van der Waals surface area contributed by atoms with E-state index in [1.54, 1.807) is 25.3 Å². The summed E-state index contributed by atoms with van der Waals surface area (Å²) in [4.78, 5) is 16.1. The summed E-state index contributed by atoms with van der Waals surface area (Å²) in [7, 11) is -0.976. The highest BCUT2D eigenvalue weighted by atomic mass is 35.5. The fourth-order valence-electron chi connectivity index (χ4n) is 1.32. The van der Waals surface area contributed by atoms with Gasteiger partial charge in [0.1, 0.15) is 11.5 Å². The van der Waals surface area contributed by atoms with Crippen molar-refractivity contribution in [2.45, 2.75) is 19.1 Å².